The summed E-state index contributed by atoms with van der Waals surface area (Å²) in [5.74, 6) is -0.533. The Morgan fingerprint density at radius 2 is 1.91 bits per heavy atom. The van der Waals surface area contributed by atoms with Gasteiger partial charge in [0, 0.05) is 35.6 Å². The van der Waals surface area contributed by atoms with Crippen LogP contribution in [0, 0.1) is 21.4 Å². The lowest BCUT2D eigenvalue weighted by Gasteiger charge is -2.11. The Kier molecular flexibility index (Phi) is 7.09. The number of hydrogen-bond donors (Lipinski definition) is 1. The number of aromatic nitrogens is 3. The minimum absolute atomic E-state index is 0.0240. The van der Waals surface area contributed by atoms with Crippen LogP contribution in [0.4, 0.5) is 10.8 Å². The lowest BCUT2D eigenvalue weighted by Crippen LogP contribution is -2.13. The molecule has 1 N–H and O–H groups in total. The van der Waals surface area contributed by atoms with Crippen LogP contribution in [0.2, 0.25) is 0 Å². The zero-order valence-corrected chi connectivity index (χ0v) is 19.5. The normalized spacial score (nSPS) is 12.1. The van der Waals surface area contributed by atoms with E-state index in [1.54, 1.807) is 35.0 Å². The van der Waals surface area contributed by atoms with Crippen molar-refractivity contribution >= 4 is 34.1 Å². The SMILES string of the molecule is CCC(c1ccccc1)c1nnc(NC(=O)C(C#N)=Cc2cccn2-c2ccc([N+](=O)[O-])cc2)s1. The summed E-state index contributed by atoms with van der Waals surface area (Å²) in [5, 5.41) is 32.6. The number of non-ortho nitro benzene ring substituents is 1. The summed E-state index contributed by atoms with van der Waals surface area (Å²) in [5.41, 5.74) is 2.21. The van der Waals surface area contributed by atoms with E-state index in [4.69, 9.17) is 0 Å². The van der Waals surface area contributed by atoms with Crippen LogP contribution in [0.25, 0.3) is 11.8 Å². The number of nitrogens with one attached hydrogen (secondary N) is 1. The van der Waals surface area contributed by atoms with Gasteiger partial charge in [0.2, 0.25) is 5.13 Å². The molecule has 0 radical (unpaired) electrons. The predicted molar refractivity (Wildman–Crippen MR) is 133 cm³/mol. The van der Waals surface area contributed by atoms with Crippen LogP contribution in [0.3, 0.4) is 0 Å². The van der Waals surface area contributed by atoms with E-state index < -0.39 is 10.8 Å². The van der Waals surface area contributed by atoms with Gasteiger partial charge in [0.1, 0.15) is 16.6 Å². The van der Waals surface area contributed by atoms with E-state index in [9.17, 15) is 20.2 Å². The minimum atomic E-state index is -0.598. The maximum absolute atomic E-state index is 12.8. The lowest BCUT2D eigenvalue weighted by atomic mass is 9.97. The third-order valence-corrected chi connectivity index (χ3v) is 6.30. The number of anilines is 1. The molecule has 0 aliphatic rings. The van der Waals surface area contributed by atoms with Crippen LogP contribution in [-0.4, -0.2) is 25.6 Å². The van der Waals surface area contributed by atoms with E-state index in [1.807, 2.05) is 36.4 Å². The van der Waals surface area contributed by atoms with Crippen LogP contribution in [-0.2, 0) is 4.79 Å². The molecule has 9 nitrogen and oxygen atoms in total. The number of carbonyl (C=O) groups excluding carboxylic acids is 1. The van der Waals surface area contributed by atoms with Crippen molar-refractivity contribution in [2.75, 3.05) is 5.32 Å². The van der Waals surface area contributed by atoms with E-state index in [2.05, 4.69) is 22.4 Å². The number of nitriles is 1. The first-order valence-corrected chi connectivity index (χ1v) is 11.6. The molecule has 2 aromatic heterocycles. The molecule has 2 heterocycles. The van der Waals surface area contributed by atoms with Crippen molar-refractivity contribution in [1.82, 2.24) is 14.8 Å². The number of nitro benzene ring substituents is 1. The second kappa shape index (κ2) is 10.5. The molecule has 10 heteroatoms. The highest BCUT2D eigenvalue weighted by Gasteiger charge is 2.19. The van der Waals surface area contributed by atoms with Crippen molar-refractivity contribution < 1.29 is 9.72 Å². The van der Waals surface area contributed by atoms with Gasteiger partial charge < -0.3 is 4.57 Å². The number of nitro groups is 1. The smallest absolute Gasteiger partial charge is 0.269 e. The number of nitrogens with zero attached hydrogens (tertiary/aromatic N) is 5. The standard InChI is InChI=1S/C25H20N6O3S/c1-2-22(17-7-4-3-5-8-17)24-28-29-25(35-24)27-23(32)18(16-26)15-21-9-6-14-30(21)19-10-12-20(13-11-19)31(33)34/h3-15,22H,2H2,1H3,(H,27,29,32). The van der Waals surface area contributed by atoms with Crippen molar-refractivity contribution in [1.29, 1.82) is 5.26 Å². The Labute approximate surface area is 205 Å². The molecule has 174 valence electrons. The molecule has 0 aliphatic carbocycles. The van der Waals surface area contributed by atoms with Gasteiger partial charge in [-0.2, -0.15) is 5.26 Å². The first-order valence-electron chi connectivity index (χ1n) is 10.7. The zero-order valence-electron chi connectivity index (χ0n) is 18.7. The molecule has 4 rings (SSSR count). The maximum Gasteiger partial charge on any atom is 0.269 e. The highest BCUT2D eigenvalue weighted by molar-refractivity contribution is 7.15. The third-order valence-electron chi connectivity index (χ3n) is 5.35. The maximum atomic E-state index is 12.8. The summed E-state index contributed by atoms with van der Waals surface area (Å²) in [6.07, 6.45) is 4.03. The van der Waals surface area contributed by atoms with Crippen LogP contribution >= 0.6 is 11.3 Å². The Bertz CT molecular complexity index is 1420. The average Bonchev–Trinajstić information content (AvgIpc) is 3.53. The molecule has 0 bridgehead atoms. The molecule has 4 aromatic rings. The molecule has 0 spiro atoms. The van der Waals surface area contributed by atoms with E-state index in [-0.39, 0.29) is 17.2 Å². The highest BCUT2D eigenvalue weighted by Crippen LogP contribution is 2.31. The van der Waals surface area contributed by atoms with Gasteiger partial charge in [-0.05, 0) is 42.3 Å². The topological polar surface area (TPSA) is 127 Å². The second-order valence-corrected chi connectivity index (χ2v) is 8.53. The average molecular weight is 485 g/mol. The Balaban J connectivity index is 1.53. The lowest BCUT2D eigenvalue weighted by molar-refractivity contribution is -0.384. The van der Waals surface area contributed by atoms with Crippen molar-refractivity contribution in [2.45, 2.75) is 19.3 Å². The van der Waals surface area contributed by atoms with Crippen molar-refractivity contribution in [3.05, 3.63) is 105 Å². The fourth-order valence-corrected chi connectivity index (χ4v) is 4.56. The van der Waals surface area contributed by atoms with Crippen molar-refractivity contribution in [2.24, 2.45) is 0 Å². The quantitative estimate of drug-likeness (QED) is 0.156. The minimum Gasteiger partial charge on any atom is -0.317 e. The predicted octanol–water partition coefficient (Wildman–Crippen LogP) is 5.32. The van der Waals surface area contributed by atoms with Gasteiger partial charge in [0.25, 0.3) is 11.6 Å². The summed E-state index contributed by atoms with van der Waals surface area (Å²) in [7, 11) is 0. The molecule has 0 aliphatic heterocycles. The van der Waals surface area contributed by atoms with Gasteiger partial charge in [-0.15, -0.1) is 10.2 Å². The number of rotatable bonds is 8. The summed E-state index contributed by atoms with van der Waals surface area (Å²) in [6, 6.07) is 21.4. The summed E-state index contributed by atoms with van der Waals surface area (Å²) < 4.78 is 1.73. The summed E-state index contributed by atoms with van der Waals surface area (Å²) in [4.78, 5) is 23.2. The van der Waals surface area contributed by atoms with Gasteiger partial charge >= 0.3 is 0 Å². The van der Waals surface area contributed by atoms with Crippen LogP contribution < -0.4 is 5.32 Å². The molecule has 0 fully saturated rings. The number of amides is 1. The fourth-order valence-electron chi connectivity index (χ4n) is 3.61. The first-order chi connectivity index (χ1) is 17.0. The highest BCUT2D eigenvalue weighted by atomic mass is 32.1. The molecular formula is C25H20N6O3S. The van der Waals surface area contributed by atoms with E-state index in [0.717, 1.165) is 17.0 Å². The fraction of sp³-hybridized carbons (Fsp3) is 0.120. The Morgan fingerprint density at radius 3 is 2.57 bits per heavy atom. The Hall–Kier alpha value is -4.62. The van der Waals surface area contributed by atoms with Crippen LogP contribution in [0.15, 0.2) is 78.5 Å². The van der Waals surface area contributed by atoms with Gasteiger partial charge in [-0.3, -0.25) is 20.2 Å². The second-order valence-electron chi connectivity index (χ2n) is 7.52. The number of carbonyl (C=O) groups is 1. The van der Waals surface area contributed by atoms with Gasteiger partial charge in [0.05, 0.1) is 4.92 Å². The van der Waals surface area contributed by atoms with Gasteiger partial charge in [0.15, 0.2) is 0 Å². The number of benzene rings is 2. The first kappa shape index (κ1) is 23.5. The third kappa shape index (κ3) is 5.31. The Morgan fingerprint density at radius 1 is 1.17 bits per heavy atom. The molecule has 35 heavy (non-hydrogen) atoms. The summed E-state index contributed by atoms with van der Waals surface area (Å²) in [6.45, 7) is 2.06. The van der Waals surface area contributed by atoms with Gasteiger partial charge in [-0.1, -0.05) is 48.6 Å². The molecule has 1 unspecified atom stereocenters. The molecule has 0 saturated carbocycles. The van der Waals surface area contributed by atoms with Crippen LogP contribution in [0.1, 0.15) is 35.5 Å². The van der Waals surface area contributed by atoms with E-state index in [1.165, 1.54) is 29.5 Å². The molecule has 2 aromatic carbocycles. The van der Waals surface area contributed by atoms with E-state index >= 15 is 0 Å². The zero-order chi connectivity index (χ0) is 24.8. The monoisotopic (exact) mass is 484 g/mol. The molecule has 0 saturated heterocycles. The van der Waals surface area contributed by atoms with Crippen molar-refractivity contribution in [3.63, 3.8) is 0 Å². The molecular weight excluding hydrogens is 464 g/mol. The largest absolute Gasteiger partial charge is 0.317 e. The van der Waals surface area contributed by atoms with E-state index in [0.29, 0.717) is 16.5 Å². The van der Waals surface area contributed by atoms with Gasteiger partial charge in [-0.25, -0.2) is 0 Å². The van der Waals surface area contributed by atoms with Crippen LogP contribution in [0.5, 0.6) is 0 Å². The van der Waals surface area contributed by atoms with Crippen molar-refractivity contribution in [3.8, 4) is 11.8 Å². The molecule has 1 amide bonds. The molecule has 1 atom stereocenters. The number of hydrogen-bond acceptors (Lipinski definition) is 7. The summed E-state index contributed by atoms with van der Waals surface area (Å²) >= 11 is 1.28.